The number of nitrogens with zero attached hydrogens (tertiary/aromatic N) is 2. The zero-order valence-electron chi connectivity index (χ0n) is 24.2. The first-order valence-electron chi connectivity index (χ1n) is 13.6. The molecule has 0 N–H and O–H groups in total. The molecule has 0 aliphatic rings. The summed E-state index contributed by atoms with van der Waals surface area (Å²) in [5, 5.41) is 0.907. The van der Waals surface area contributed by atoms with E-state index in [-0.39, 0.29) is 0 Å². The monoisotopic (exact) mass is 560 g/mol. The largest absolute Gasteiger partial charge is 0.536 e. The van der Waals surface area contributed by atoms with Crippen molar-refractivity contribution in [2.75, 3.05) is 31.1 Å². The minimum absolute atomic E-state index is 0.907. The van der Waals surface area contributed by atoms with Crippen LogP contribution in [0.1, 0.15) is 11.1 Å². The van der Waals surface area contributed by atoms with Gasteiger partial charge < -0.3 is 23.1 Å². The summed E-state index contributed by atoms with van der Waals surface area (Å²) in [6.07, 6.45) is 0. The lowest BCUT2D eigenvalue weighted by atomic mass is 10.1. The molecular formula is C35H36N2O3Si. The van der Waals surface area contributed by atoms with E-state index in [9.17, 15) is 0 Å². The van der Waals surface area contributed by atoms with Crippen molar-refractivity contribution in [1.29, 1.82) is 0 Å². The molecule has 0 atom stereocenters. The van der Waals surface area contributed by atoms with E-state index in [1.807, 2.05) is 18.2 Å². The predicted molar refractivity (Wildman–Crippen MR) is 172 cm³/mol. The molecule has 0 unspecified atom stereocenters. The Morgan fingerprint density at radius 2 is 0.683 bits per heavy atom. The van der Waals surface area contributed by atoms with Gasteiger partial charge in [-0.25, -0.2) is 0 Å². The van der Waals surface area contributed by atoms with Crippen LogP contribution in [0.25, 0.3) is 0 Å². The van der Waals surface area contributed by atoms with Crippen LogP contribution in [-0.4, -0.2) is 30.1 Å². The zero-order valence-corrected chi connectivity index (χ0v) is 25.2. The summed E-state index contributed by atoms with van der Waals surface area (Å²) in [6, 6.07) is 44.6. The Kier molecular flexibility index (Phi) is 8.66. The van der Waals surface area contributed by atoms with Gasteiger partial charge >= 0.3 is 8.80 Å². The van der Waals surface area contributed by atoms with Gasteiger partial charge in [0.25, 0.3) is 0 Å². The Morgan fingerprint density at radius 3 is 1.02 bits per heavy atom. The van der Waals surface area contributed by atoms with Gasteiger partial charge in [0.2, 0.25) is 0 Å². The highest BCUT2D eigenvalue weighted by atomic mass is 28.4. The number of hydrogen-bond donors (Lipinski definition) is 0. The summed E-state index contributed by atoms with van der Waals surface area (Å²) in [4.78, 5) is 4.53. The van der Waals surface area contributed by atoms with Crippen LogP contribution in [0, 0.1) is 13.8 Å². The quantitative estimate of drug-likeness (QED) is 0.160. The lowest BCUT2D eigenvalue weighted by Crippen LogP contribution is -2.54. The molecule has 41 heavy (non-hydrogen) atoms. The maximum Gasteiger partial charge on any atom is 0.536 e. The molecular weight excluding hydrogens is 524 g/mol. The van der Waals surface area contributed by atoms with Gasteiger partial charge in [-0.2, -0.15) is 0 Å². The number of anilines is 6. The van der Waals surface area contributed by atoms with Gasteiger partial charge in [-0.15, -0.1) is 0 Å². The van der Waals surface area contributed by atoms with Gasteiger partial charge in [-0.05, 0) is 86.6 Å². The van der Waals surface area contributed by atoms with Crippen LogP contribution in [0.2, 0.25) is 0 Å². The van der Waals surface area contributed by atoms with Gasteiger partial charge in [0, 0.05) is 60.6 Å². The van der Waals surface area contributed by atoms with Crippen LogP contribution in [0.5, 0.6) is 0 Å². The highest BCUT2D eigenvalue weighted by molar-refractivity contribution is 6.75. The Balaban J connectivity index is 1.56. The van der Waals surface area contributed by atoms with Crippen molar-refractivity contribution in [2.45, 2.75) is 13.8 Å². The van der Waals surface area contributed by atoms with E-state index in [4.69, 9.17) is 13.3 Å². The van der Waals surface area contributed by atoms with Crippen LogP contribution in [0.4, 0.5) is 34.1 Å². The van der Waals surface area contributed by atoms with Crippen molar-refractivity contribution >= 4 is 48.1 Å². The van der Waals surface area contributed by atoms with Crippen LogP contribution in [0.3, 0.4) is 0 Å². The molecule has 0 radical (unpaired) electrons. The Bertz CT molecular complexity index is 1530. The number of benzene rings is 5. The molecule has 0 spiro atoms. The van der Waals surface area contributed by atoms with Gasteiger partial charge in [-0.1, -0.05) is 65.7 Å². The SMILES string of the molecule is CO[Si](OC)(OC)c1ccc(N(c2ccc(C)cc2)c2ccc(N(c3ccccc3)c3ccc(C)cc3)cc2)cc1. The average Bonchev–Trinajstić information content (AvgIpc) is 3.02. The molecule has 0 bridgehead atoms. The van der Waals surface area contributed by atoms with Gasteiger partial charge in [0.05, 0.1) is 0 Å². The Morgan fingerprint density at radius 1 is 0.390 bits per heavy atom. The van der Waals surface area contributed by atoms with Gasteiger partial charge in [0.15, 0.2) is 0 Å². The molecule has 0 fully saturated rings. The molecule has 0 aliphatic carbocycles. The van der Waals surface area contributed by atoms with Crippen molar-refractivity contribution in [3.05, 3.63) is 139 Å². The summed E-state index contributed by atoms with van der Waals surface area (Å²) in [7, 11) is 1.95. The third kappa shape index (κ3) is 5.96. The highest BCUT2D eigenvalue weighted by Crippen LogP contribution is 2.39. The topological polar surface area (TPSA) is 34.2 Å². The van der Waals surface area contributed by atoms with E-state index in [1.165, 1.54) is 11.1 Å². The molecule has 0 heterocycles. The molecule has 5 aromatic rings. The fraction of sp³-hybridized carbons (Fsp3) is 0.143. The zero-order chi connectivity index (χ0) is 28.8. The minimum atomic E-state index is -2.93. The first-order valence-corrected chi connectivity index (χ1v) is 15.3. The van der Waals surface area contributed by atoms with Gasteiger partial charge in [-0.3, -0.25) is 0 Å². The van der Waals surface area contributed by atoms with E-state index in [0.29, 0.717) is 0 Å². The molecule has 0 aromatic heterocycles. The second-order valence-corrected chi connectivity index (χ2v) is 12.8. The third-order valence-electron chi connectivity index (χ3n) is 7.25. The van der Waals surface area contributed by atoms with Crippen molar-refractivity contribution in [3.8, 4) is 0 Å². The van der Waals surface area contributed by atoms with Crippen LogP contribution < -0.4 is 15.0 Å². The minimum Gasteiger partial charge on any atom is -0.373 e. The smallest absolute Gasteiger partial charge is 0.373 e. The number of rotatable bonds is 10. The molecule has 5 rings (SSSR count). The third-order valence-corrected chi connectivity index (χ3v) is 9.90. The molecule has 0 aliphatic heterocycles. The molecule has 5 nitrogen and oxygen atoms in total. The van der Waals surface area contributed by atoms with E-state index in [1.54, 1.807) is 21.3 Å². The summed E-state index contributed by atoms with van der Waals surface area (Å²) in [5.74, 6) is 0. The van der Waals surface area contributed by atoms with E-state index in [0.717, 1.165) is 39.3 Å². The lowest BCUT2D eigenvalue weighted by Gasteiger charge is -2.29. The molecule has 0 amide bonds. The van der Waals surface area contributed by atoms with Crippen molar-refractivity contribution in [3.63, 3.8) is 0 Å². The molecule has 6 heteroatoms. The standard InChI is InChI=1S/C35H36N2O3Si/c1-27-11-15-30(16-12-27)36(29-9-7-6-8-10-29)32-19-21-33(22-20-32)37(31-17-13-28(2)14-18-31)34-23-25-35(26-24-34)41(38-3,39-4)40-5/h6-26H,1-5H3. The van der Waals surface area contributed by atoms with Crippen molar-refractivity contribution < 1.29 is 13.3 Å². The van der Waals surface area contributed by atoms with Gasteiger partial charge in [0.1, 0.15) is 0 Å². The van der Waals surface area contributed by atoms with E-state index >= 15 is 0 Å². The van der Waals surface area contributed by atoms with Crippen molar-refractivity contribution in [1.82, 2.24) is 0 Å². The number of aryl methyl sites for hydroxylation is 2. The fourth-order valence-corrected chi connectivity index (χ4v) is 6.81. The van der Waals surface area contributed by atoms with E-state index in [2.05, 4.69) is 133 Å². The van der Waals surface area contributed by atoms with Crippen molar-refractivity contribution in [2.24, 2.45) is 0 Å². The van der Waals surface area contributed by atoms with Crippen LogP contribution >= 0.6 is 0 Å². The van der Waals surface area contributed by atoms with Crippen LogP contribution in [-0.2, 0) is 13.3 Å². The lowest BCUT2D eigenvalue weighted by molar-refractivity contribution is 0.140. The summed E-state index contributed by atoms with van der Waals surface area (Å²) in [5.41, 5.74) is 8.90. The average molecular weight is 561 g/mol. The summed E-state index contributed by atoms with van der Waals surface area (Å²) >= 11 is 0. The highest BCUT2D eigenvalue weighted by Gasteiger charge is 2.40. The summed E-state index contributed by atoms with van der Waals surface area (Å²) < 4.78 is 17.1. The number of hydrogen-bond acceptors (Lipinski definition) is 5. The Labute approximate surface area is 244 Å². The molecule has 0 saturated carbocycles. The first kappa shape index (κ1) is 28.3. The summed E-state index contributed by atoms with van der Waals surface area (Å²) in [6.45, 7) is 4.21. The second kappa shape index (κ2) is 12.5. The maximum atomic E-state index is 5.70. The predicted octanol–water partition coefficient (Wildman–Crippen LogP) is 8.33. The second-order valence-electron chi connectivity index (χ2n) is 9.91. The van der Waals surface area contributed by atoms with E-state index < -0.39 is 8.80 Å². The Hall–Kier alpha value is -4.20. The maximum absolute atomic E-state index is 5.70. The normalized spacial score (nSPS) is 11.3. The first-order chi connectivity index (χ1) is 20.0. The number of para-hydroxylation sites is 1. The van der Waals surface area contributed by atoms with Crippen LogP contribution in [0.15, 0.2) is 127 Å². The molecule has 5 aromatic carbocycles. The molecule has 208 valence electrons. The fourth-order valence-electron chi connectivity index (χ4n) is 5.03. The molecule has 0 saturated heterocycles.